The van der Waals surface area contributed by atoms with Crippen molar-refractivity contribution >= 4 is 53.5 Å². The molecule has 6 N–H and O–H groups in total. The molecule has 3 atom stereocenters. The molecular formula is C25H30Cl2N4O5. The maximum atomic E-state index is 12.8. The molecule has 1 fully saturated rings. The molecular weight excluding hydrogens is 507 g/mol. The highest BCUT2D eigenvalue weighted by Gasteiger charge is 2.29. The highest BCUT2D eigenvalue weighted by Crippen LogP contribution is 2.29. The molecule has 0 spiro atoms. The smallest absolute Gasteiger partial charge is 0.313 e. The second-order valence-corrected chi connectivity index (χ2v) is 8.30. The molecule has 4 rings (SSSR count). The van der Waals surface area contributed by atoms with Gasteiger partial charge in [0, 0.05) is 30.3 Å². The average molecular weight is 537 g/mol. The Hall–Kier alpha value is -3.27. The molecule has 1 aromatic heterocycles. The predicted molar refractivity (Wildman–Crippen MR) is 141 cm³/mol. The van der Waals surface area contributed by atoms with E-state index in [2.05, 4.69) is 5.32 Å². The van der Waals surface area contributed by atoms with Crippen molar-refractivity contribution in [1.82, 2.24) is 5.32 Å². The Morgan fingerprint density at radius 3 is 2.47 bits per heavy atom. The van der Waals surface area contributed by atoms with E-state index >= 15 is 0 Å². The molecule has 0 radical (unpaired) electrons. The number of hydrogen-bond acceptors (Lipinski definition) is 7. The first kappa shape index (κ1) is 29.0. The maximum Gasteiger partial charge on any atom is 0.313 e. The molecule has 1 amide bonds. The van der Waals surface area contributed by atoms with E-state index in [0.29, 0.717) is 42.0 Å². The van der Waals surface area contributed by atoms with Crippen LogP contribution in [0, 0.1) is 5.41 Å². The largest absolute Gasteiger partial charge is 0.489 e. The van der Waals surface area contributed by atoms with Gasteiger partial charge in [-0.05, 0) is 48.9 Å². The van der Waals surface area contributed by atoms with Gasteiger partial charge < -0.3 is 30.7 Å². The van der Waals surface area contributed by atoms with E-state index in [0.717, 1.165) is 10.9 Å². The van der Waals surface area contributed by atoms with E-state index in [4.69, 9.17) is 30.8 Å². The number of carbonyl (C=O) groups is 2. The summed E-state index contributed by atoms with van der Waals surface area (Å²) >= 11 is 0. The van der Waals surface area contributed by atoms with Gasteiger partial charge in [-0.15, -0.1) is 24.8 Å². The fraction of sp³-hybridized carbons (Fsp3) is 0.320. The molecule has 9 nitrogen and oxygen atoms in total. The van der Waals surface area contributed by atoms with E-state index < -0.39 is 5.92 Å². The summed E-state index contributed by atoms with van der Waals surface area (Å²) in [7, 11) is 0. The number of nitrogens with two attached hydrogens (primary N) is 2. The van der Waals surface area contributed by atoms with Crippen molar-refractivity contribution < 1.29 is 23.5 Å². The Morgan fingerprint density at radius 2 is 1.86 bits per heavy atom. The van der Waals surface area contributed by atoms with E-state index in [1.807, 2.05) is 18.2 Å². The lowest BCUT2D eigenvalue weighted by molar-refractivity contribution is -0.145. The van der Waals surface area contributed by atoms with E-state index in [1.165, 1.54) is 0 Å². The SMILES string of the molecule is CCOC(=O)C(Cc1cc2cc(C(=N)N)ccc2o1)c1ccc(O[C@@H]2CN[C@H](C(N)=O)C2)cc1.Cl.Cl. The van der Waals surface area contributed by atoms with Gasteiger partial charge >= 0.3 is 5.97 Å². The Morgan fingerprint density at radius 1 is 1.14 bits per heavy atom. The standard InChI is InChI=1S/C25H28N4O5.2ClH/c1-2-32-25(31)20(11-18-10-16-9-15(23(26)27)5-8-22(16)34-18)14-3-6-17(7-4-14)33-19-12-21(24(28)30)29-13-19;;/h3-10,19-21,29H,2,11-13H2,1H3,(H3,26,27)(H2,28,30);2*1H/t19-,20?,21-;;/m0../s1. The quantitative estimate of drug-likeness (QED) is 0.186. The molecule has 1 unspecified atom stereocenters. The molecule has 3 aromatic rings. The fourth-order valence-electron chi connectivity index (χ4n) is 4.13. The summed E-state index contributed by atoms with van der Waals surface area (Å²) < 4.78 is 17.2. The van der Waals surface area contributed by atoms with Crippen LogP contribution in [0.3, 0.4) is 0 Å². The molecule has 0 aliphatic carbocycles. The second-order valence-electron chi connectivity index (χ2n) is 8.30. The second kappa shape index (κ2) is 12.6. The van der Waals surface area contributed by atoms with Crippen molar-refractivity contribution in [3.63, 3.8) is 0 Å². The minimum absolute atomic E-state index is 0. The highest BCUT2D eigenvalue weighted by molar-refractivity contribution is 5.98. The van der Waals surface area contributed by atoms with Crippen LogP contribution < -0.4 is 21.5 Å². The van der Waals surface area contributed by atoms with Gasteiger partial charge in [-0.25, -0.2) is 0 Å². The van der Waals surface area contributed by atoms with Gasteiger partial charge in [0.1, 0.15) is 29.0 Å². The molecule has 1 saturated heterocycles. The minimum atomic E-state index is -0.561. The number of ether oxygens (including phenoxy) is 2. The molecule has 0 saturated carbocycles. The molecule has 194 valence electrons. The van der Waals surface area contributed by atoms with Crippen LogP contribution in [-0.4, -0.2) is 43.0 Å². The lowest BCUT2D eigenvalue weighted by atomic mass is 9.94. The number of rotatable bonds is 9. The number of halogens is 2. The summed E-state index contributed by atoms with van der Waals surface area (Å²) in [6.07, 6.45) is 0.676. The fourth-order valence-corrected chi connectivity index (χ4v) is 4.13. The van der Waals surface area contributed by atoms with Gasteiger partial charge in [-0.1, -0.05) is 12.1 Å². The van der Waals surface area contributed by atoms with Crippen LogP contribution in [0.1, 0.15) is 36.1 Å². The first-order valence-electron chi connectivity index (χ1n) is 11.2. The van der Waals surface area contributed by atoms with Crippen LogP contribution in [0.5, 0.6) is 5.75 Å². The highest BCUT2D eigenvalue weighted by atomic mass is 35.5. The summed E-state index contributed by atoms with van der Waals surface area (Å²) in [5.41, 5.74) is 13.0. The van der Waals surface area contributed by atoms with Gasteiger partial charge in [-0.3, -0.25) is 15.0 Å². The molecule has 2 heterocycles. The van der Waals surface area contributed by atoms with Crippen molar-refractivity contribution in [2.45, 2.75) is 37.8 Å². The zero-order valence-electron chi connectivity index (χ0n) is 19.7. The van der Waals surface area contributed by atoms with E-state index in [9.17, 15) is 9.59 Å². The van der Waals surface area contributed by atoms with Crippen molar-refractivity contribution in [1.29, 1.82) is 5.41 Å². The molecule has 36 heavy (non-hydrogen) atoms. The zero-order valence-corrected chi connectivity index (χ0v) is 21.3. The number of benzene rings is 2. The number of nitrogens with one attached hydrogen (secondary N) is 2. The molecule has 0 bridgehead atoms. The van der Waals surface area contributed by atoms with E-state index in [1.54, 1.807) is 37.3 Å². The average Bonchev–Trinajstić information content (AvgIpc) is 3.44. The van der Waals surface area contributed by atoms with Crippen LogP contribution >= 0.6 is 24.8 Å². The molecule has 2 aromatic carbocycles. The number of fused-ring (bicyclic) bond motifs is 1. The van der Waals surface area contributed by atoms with Gasteiger partial charge in [-0.2, -0.15) is 0 Å². The van der Waals surface area contributed by atoms with Crippen molar-refractivity contribution in [3.05, 3.63) is 65.4 Å². The first-order valence-corrected chi connectivity index (χ1v) is 11.2. The summed E-state index contributed by atoms with van der Waals surface area (Å²) in [6.45, 7) is 2.58. The normalized spacial score (nSPS) is 17.5. The first-order chi connectivity index (χ1) is 16.3. The van der Waals surface area contributed by atoms with E-state index in [-0.39, 0.29) is 61.3 Å². The molecule has 1 aliphatic heterocycles. The molecule has 11 heteroatoms. The van der Waals surface area contributed by atoms with Crippen LogP contribution in [0.15, 0.2) is 52.9 Å². The Kier molecular flexibility index (Phi) is 10.2. The minimum Gasteiger partial charge on any atom is -0.489 e. The number of furan rings is 1. The number of esters is 1. The monoisotopic (exact) mass is 536 g/mol. The number of primary amides is 1. The lowest BCUT2D eigenvalue weighted by Gasteiger charge is -2.17. The van der Waals surface area contributed by atoms with Crippen LogP contribution in [-0.2, 0) is 20.7 Å². The number of nitrogen functional groups attached to an aromatic ring is 1. The summed E-state index contributed by atoms with van der Waals surface area (Å²) in [5.74, 6) is -0.0383. The van der Waals surface area contributed by atoms with Gasteiger partial charge in [0.05, 0.1) is 18.6 Å². The third-order valence-electron chi connectivity index (χ3n) is 5.87. The van der Waals surface area contributed by atoms with Crippen molar-refractivity contribution in [2.75, 3.05) is 13.2 Å². The third kappa shape index (κ3) is 6.69. The Bertz CT molecular complexity index is 1210. The maximum absolute atomic E-state index is 12.8. The Labute approximate surface area is 221 Å². The lowest BCUT2D eigenvalue weighted by Crippen LogP contribution is -2.36. The van der Waals surface area contributed by atoms with Crippen LogP contribution in [0.2, 0.25) is 0 Å². The third-order valence-corrected chi connectivity index (χ3v) is 5.87. The summed E-state index contributed by atoms with van der Waals surface area (Å²) in [6, 6.07) is 14.0. The van der Waals surface area contributed by atoms with Gasteiger partial charge in [0.25, 0.3) is 0 Å². The zero-order chi connectivity index (χ0) is 24.2. The summed E-state index contributed by atoms with van der Waals surface area (Å²) in [5, 5.41) is 11.5. The number of hydrogen-bond donors (Lipinski definition) is 4. The number of carbonyl (C=O) groups excluding carboxylic acids is 2. The van der Waals surface area contributed by atoms with Gasteiger partial charge in [0.2, 0.25) is 5.91 Å². The number of amidine groups is 1. The topological polar surface area (TPSA) is 154 Å². The summed E-state index contributed by atoms with van der Waals surface area (Å²) in [4.78, 5) is 24.1. The van der Waals surface area contributed by atoms with Crippen molar-refractivity contribution in [2.24, 2.45) is 11.5 Å². The Balaban J connectivity index is 0.00000228. The van der Waals surface area contributed by atoms with Gasteiger partial charge in [0.15, 0.2) is 0 Å². The van der Waals surface area contributed by atoms with Crippen LogP contribution in [0.25, 0.3) is 11.0 Å². The molecule has 1 aliphatic rings. The van der Waals surface area contributed by atoms with Crippen molar-refractivity contribution in [3.8, 4) is 5.75 Å². The number of amides is 1. The van der Waals surface area contributed by atoms with Crippen LogP contribution in [0.4, 0.5) is 0 Å². The predicted octanol–water partition coefficient (Wildman–Crippen LogP) is 3.04.